The van der Waals surface area contributed by atoms with Gasteiger partial charge in [0.2, 0.25) is 0 Å². The first-order chi connectivity index (χ1) is 8.85. The quantitative estimate of drug-likeness (QED) is 0.583. The number of ketones is 1. The van der Waals surface area contributed by atoms with E-state index in [9.17, 15) is 4.79 Å². The summed E-state index contributed by atoms with van der Waals surface area (Å²) in [6.07, 6.45) is 4.93. The van der Waals surface area contributed by atoms with E-state index in [1.54, 1.807) is 0 Å². The molecule has 1 heterocycles. The first kappa shape index (κ1) is 14.6. The molecule has 1 aliphatic carbocycles. The summed E-state index contributed by atoms with van der Waals surface area (Å²) in [4.78, 5) is 11.8. The Morgan fingerprint density at radius 3 is 2.47 bits per heavy atom. The third-order valence-electron chi connectivity index (χ3n) is 4.58. The van der Waals surface area contributed by atoms with Gasteiger partial charge >= 0.3 is 0 Å². The molecule has 0 unspecified atom stereocenters. The Bertz CT molecular complexity index is 477. The van der Waals surface area contributed by atoms with Crippen LogP contribution < -0.4 is 0 Å². The monoisotopic (exact) mass is 281 g/mol. The van der Waals surface area contributed by atoms with Crippen LogP contribution in [0.25, 0.3) is 0 Å². The average molecular weight is 282 g/mol. The fraction of sp³-hybridized carbons (Fsp3) is 0.688. The smallest absolute Gasteiger partial charge is 0.179 e. The van der Waals surface area contributed by atoms with Crippen LogP contribution in [0.3, 0.4) is 0 Å². The van der Waals surface area contributed by atoms with E-state index in [1.165, 1.54) is 31.4 Å². The van der Waals surface area contributed by atoms with Crippen LogP contribution in [-0.4, -0.2) is 16.2 Å². The Balaban J connectivity index is 2.26. The van der Waals surface area contributed by atoms with Crippen LogP contribution in [-0.2, 0) is 0 Å². The highest BCUT2D eigenvalue weighted by Gasteiger charge is 2.29. The van der Waals surface area contributed by atoms with E-state index in [0.717, 1.165) is 11.3 Å². The summed E-state index contributed by atoms with van der Waals surface area (Å²) in [5, 5.41) is 0. The van der Waals surface area contributed by atoms with Gasteiger partial charge in [-0.3, -0.25) is 4.79 Å². The van der Waals surface area contributed by atoms with Crippen molar-refractivity contribution in [3.63, 3.8) is 0 Å². The highest BCUT2D eigenvalue weighted by Crippen LogP contribution is 2.41. The summed E-state index contributed by atoms with van der Waals surface area (Å²) in [5.41, 5.74) is 3.56. The number of hydrogen-bond acceptors (Lipinski definition) is 1. The van der Waals surface area contributed by atoms with Gasteiger partial charge in [-0.05, 0) is 51.0 Å². The van der Waals surface area contributed by atoms with Crippen molar-refractivity contribution in [1.82, 2.24) is 4.57 Å². The minimum atomic E-state index is 0.0390. The minimum absolute atomic E-state index is 0.0390. The first-order valence-corrected chi connectivity index (χ1v) is 7.67. The van der Waals surface area contributed by atoms with Crippen molar-refractivity contribution in [2.75, 3.05) is 5.88 Å². The molecule has 0 spiro atoms. The summed E-state index contributed by atoms with van der Waals surface area (Å²) in [6.45, 7) is 8.84. The third-order valence-corrected chi connectivity index (χ3v) is 4.82. The predicted molar refractivity (Wildman–Crippen MR) is 80.2 cm³/mol. The molecule has 0 bridgehead atoms. The molecule has 0 N–H and O–H groups in total. The molecule has 0 saturated heterocycles. The van der Waals surface area contributed by atoms with Crippen molar-refractivity contribution in [2.45, 2.75) is 59.4 Å². The molecular formula is C16H24ClNO. The van der Waals surface area contributed by atoms with Crippen molar-refractivity contribution in [2.24, 2.45) is 5.41 Å². The zero-order valence-corrected chi connectivity index (χ0v) is 13.2. The molecule has 3 heteroatoms. The van der Waals surface area contributed by atoms with Gasteiger partial charge in [0.1, 0.15) is 0 Å². The van der Waals surface area contributed by atoms with E-state index in [0.29, 0.717) is 11.5 Å². The van der Waals surface area contributed by atoms with Crippen LogP contribution in [0.15, 0.2) is 6.07 Å². The summed E-state index contributed by atoms with van der Waals surface area (Å²) >= 11 is 5.68. The molecule has 1 fully saturated rings. The van der Waals surface area contributed by atoms with Gasteiger partial charge in [0.05, 0.1) is 5.88 Å². The SMILES string of the molecule is Cc1cc(C(=O)CCl)c(C)n1C1CCC(C)(C)CC1. The van der Waals surface area contributed by atoms with Gasteiger partial charge < -0.3 is 4.57 Å². The van der Waals surface area contributed by atoms with Crippen LogP contribution >= 0.6 is 11.6 Å². The summed E-state index contributed by atoms with van der Waals surface area (Å²) in [7, 11) is 0. The molecule has 1 aliphatic rings. The Kier molecular flexibility index (Phi) is 4.10. The Hall–Kier alpha value is -0.760. The molecular weight excluding hydrogens is 258 g/mol. The number of Topliss-reactive ketones (excluding diaryl/α,β-unsaturated/α-hetero) is 1. The van der Waals surface area contributed by atoms with Gasteiger partial charge in [-0.1, -0.05) is 13.8 Å². The average Bonchev–Trinajstić information content (AvgIpc) is 2.65. The number of aryl methyl sites for hydroxylation is 1. The fourth-order valence-electron chi connectivity index (χ4n) is 3.34. The maximum atomic E-state index is 11.8. The lowest BCUT2D eigenvalue weighted by molar-refractivity contribution is 0.102. The van der Waals surface area contributed by atoms with Crippen molar-refractivity contribution >= 4 is 17.4 Å². The molecule has 0 atom stereocenters. The van der Waals surface area contributed by atoms with E-state index in [-0.39, 0.29) is 11.7 Å². The summed E-state index contributed by atoms with van der Waals surface area (Å²) < 4.78 is 2.36. The van der Waals surface area contributed by atoms with E-state index in [4.69, 9.17) is 11.6 Å². The molecule has 0 aliphatic heterocycles. The molecule has 0 radical (unpaired) electrons. The van der Waals surface area contributed by atoms with Gasteiger partial charge in [-0.25, -0.2) is 0 Å². The van der Waals surface area contributed by atoms with Crippen LogP contribution in [0.1, 0.15) is 67.3 Å². The highest BCUT2D eigenvalue weighted by molar-refractivity contribution is 6.30. The Labute approximate surface area is 121 Å². The lowest BCUT2D eigenvalue weighted by Crippen LogP contribution is -2.24. The molecule has 19 heavy (non-hydrogen) atoms. The zero-order chi connectivity index (χ0) is 14.2. The van der Waals surface area contributed by atoms with Gasteiger partial charge in [-0.15, -0.1) is 11.6 Å². The summed E-state index contributed by atoms with van der Waals surface area (Å²) in [5.74, 6) is 0.110. The second-order valence-electron chi connectivity index (χ2n) is 6.61. The van der Waals surface area contributed by atoms with Gasteiger partial charge in [-0.2, -0.15) is 0 Å². The number of aromatic nitrogens is 1. The van der Waals surface area contributed by atoms with Crippen LogP contribution in [0.5, 0.6) is 0 Å². The Morgan fingerprint density at radius 1 is 1.37 bits per heavy atom. The van der Waals surface area contributed by atoms with E-state index in [2.05, 4.69) is 25.3 Å². The topological polar surface area (TPSA) is 22.0 Å². The molecule has 0 aromatic carbocycles. The number of rotatable bonds is 3. The molecule has 1 aromatic rings. The van der Waals surface area contributed by atoms with Crippen LogP contribution in [0, 0.1) is 19.3 Å². The maximum Gasteiger partial charge on any atom is 0.179 e. The number of carbonyl (C=O) groups is 1. The second-order valence-corrected chi connectivity index (χ2v) is 6.87. The number of alkyl halides is 1. The molecule has 106 valence electrons. The molecule has 2 rings (SSSR count). The van der Waals surface area contributed by atoms with E-state index in [1.807, 2.05) is 13.0 Å². The lowest BCUT2D eigenvalue weighted by atomic mass is 9.75. The number of carbonyl (C=O) groups excluding carboxylic acids is 1. The van der Waals surface area contributed by atoms with Crippen molar-refractivity contribution < 1.29 is 4.79 Å². The number of nitrogens with zero attached hydrogens (tertiary/aromatic N) is 1. The molecule has 2 nitrogen and oxygen atoms in total. The Morgan fingerprint density at radius 2 is 1.95 bits per heavy atom. The van der Waals surface area contributed by atoms with Crippen molar-refractivity contribution in [3.05, 3.63) is 23.0 Å². The first-order valence-electron chi connectivity index (χ1n) is 7.13. The molecule has 1 aromatic heterocycles. The predicted octanol–water partition coefficient (Wildman–Crippen LogP) is 4.67. The molecule has 1 saturated carbocycles. The number of halogens is 1. The van der Waals surface area contributed by atoms with Crippen molar-refractivity contribution in [1.29, 1.82) is 0 Å². The number of hydrogen-bond donors (Lipinski definition) is 0. The third kappa shape index (κ3) is 2.89. The normalized spacial score (nSPS) is 19.6. The second kappa shape index (κ2) is 5.32. The van der Waals surface area contributed by atoms with Crippen LogP contribution in [0.2, 0.25) is 0 Å². The van der Waals surface area contributed by atoms with Crippen LogP contribution in [0.4, 0.5) is 0 Å². The minimum Gasteiger partial charge on any atom is -0.345 e. The summed E-state index contributed by atoms with van der Waals surface area (Å²) in [6, 6.07) is 2.55. The van der Waals surface area contributed by atoms with E-state index >= 15 is 0 Å². The highest BCUT2D eigenvalue weighted by atomic mass is 35.5. The zero-order valence-electron chi connectivity index (χ0n) is 12.4. The molecule has 0 amide bonds. The fourth-order valence-corrected chi connectivity index (χ4v) is 3.48. The maximum absolute atomic E-state index is 11.8. The van der Waals surface area contributed by atoms with Gasteiger partial charge in [0.15, 0.2) is 5.78 Å². The van der Waals surface area contributed by atoms with Crippen molar-refractivity contribution in [3.8, 4) is 0 Å². The van der Waals surface area contributed by atoms with Gasteiger partial charge in [0.25, 0.3) is 0 Å². The van der Waals surface area contributed by atoms with E-state index < -0.39 is 0 Å². The largest absolute Gasteiger partial charge is 0.345 e. The van der Waals surface area contributed by atoms with Gasteiger partial charge in [0, 0.05) is 23.0 Å². The standard InChI is InChI=1S/C16H24ClNO/c1-11-9-14(15(19)10-17)12(2)18(11)13-5-7-16(3,4)8-6-13/h9,13H,5-8,10H2,1-4H3. The lowest BCUT2D eigenvalue weighted by Gasteiger charge is -2.36.